The molecule has 0 amide bonds. The molecule has 0 saturated heterocycles. The van der Waals surface area contributed by atoms with Crippen molar-refractivity contribution in [1.82, 2.24) is 5.32 Å². The fourth-order valence-corrected chi connectivity index (χ4v) is 3.50. The zero-order valence-corrected chi connectivity index (χ0v) is 11.5. The molecule has 18 heavy (non-hydrogen) atoms. The zero-order chi connectivity index (χ0) is 12.4. The van der Waals surface area contributed by atoms with Crippen molar-refractivity contribution < 1.29 is 0 Å². The number of thioether (sulfide) groups is 1. The van der Waals surface area contributed by atoms with Crippen molar-refractivity contribution >= 4 is 23.4 Å². The molecule has 0 bridgehead atoms. The van der Waals surface area contributed by atoms with Gasteiger partial charge in [-0.3, -0.25) is 0 Å². The smallest absolute Gasteiger partial charge is 0.0429 e. The van der Waals surface area contributed by atoms with E-state index >= 15 is 0 Å². The number of fused-ring (bicyclic) bond motifs is 1. The second-order valence-electron chi connectivity index (χ2n) is 4.41. The highest BCUT2D eigenvalue weighted by molar-refractivity contribution is 7.99. The van der Waals surface area contributed by atoms with Gasteiger partial charge in [0.1, 0.15) is 0 Å². The van der Waals surface area contributed by atoms with Gasteiger partial charge in [-0.05, 0) is 29.3 Å². The maximum absolute atomic E-state index is 5.88. The van der Waals surface area contributed by atoms with E-state index in [1.165, 1.54) is 16.0 Å². The van der Waals surface area contributed by atoms with Crippen molar-refractivity contribution in [3.8, 4) is 0 Å². The summed E-state index contributed by atoms with van der Waals surface area (Å²) in [5.74, 6) is 1.12. The van der Waals surface area contributed by atoms with E-state index in [1.807, 2.05) is 23.9 Å². The van der Waals surface area contributed by atoms with Gasteiger partial charge in [0, 0.05) is 28.3 Å². The molecule has 3 rings (SSSR count). The number of hydrogen-bond acceptors (Lipinski definition) is 2. The Morgan fingerprint density at radius 3 is 2.72 bits per heavy atom. The summed E-state index contributed by atoms with van der Waals surface area (Å²) in [6, 6.07) is 17.1. The van der Waals surface area contributed by atoms with Crippen molar-refractivity contribution in [2.45, 2.75) is 17.5 Å². The van der Waals surface area contributed by atoms with E-state index in [0.29, 0.717) is 6.04 Å². The van der Waals surface area contributed by atoms with Crippen LogP contribution in [0.1, 0.15) is 17.2 Å². The van der Waals surface area contributed by atoms with Crippen LogP contribution in [0.15, 0.2) is 53.4 Å². The molecule has 0 radical (unpaired) electrons. The Balaban J connectivity index is 1.67. The Morgan fingerprint density at radius 1 is 1.11 bits per heavy atom. The Morgan fingerprint density at radius 2 is 1.89 bits per heavy atom. The molecule has 0 aromatic heterocycles. The fourth-order valence-electron chi connectivity index (χ4n) is 2.17. The standard InChI is InChI=1S/C15H14ClNS/c16-12-7-5-11(6-8-12)9-17-14-10-18-15-4-2-1-3-13(14)15/h1-8,14,17H,9-10H2. The average Bonchev–Trinajstić information content (AvgIpc) is 2.82. The van der Waals surface area contributed by atoms with Gasteiger partial charge >= 0.3 is 0 Å². The normalized spacial score (nSPS) is 17.7. The highest BCUT2D eigenvalue weighted by Crippen LogP contribution is 2.37. The lowest BCUT2D eigenvalue weighted by Crippen LogP contribution is -2.20. The summed E-state index contributed by atoms with van der Waals surface area (Å²) in [6.45, 7) is 0.886. The Bertz CT molecular complexity index is 538. The first-order valence-electron chi connectivity index (χ1n) is 6.02. The van der Waals surface area contributed by atoms with Crippen LogP contribution in [0.2, 0.25) is 5.02 Å². The molecule has 92 valence electrons. The molecule has 1 N–H and O–H groups in total. The molecule has 2 aromatic carbocycles. The maximum Gasteiger partial charge on any atom is 0.0429 e. The van der Waals surface area contributed by atoms with Gasteiger partial charge in [0.15, 0.2) is 0 Å². The lowest BCUT2D eigenvalue weighted by atomic mass is 10.1. The second kappa shape index (κ2) is 5.35. The summed E-state index contributed by atoms with van der Waals surface area (Å²) in [6.07, 6.45) is 0. The fraction of sp³-hybridized carbons (Fsp3) is 0.200. The van der Waals surface area contributed by atoms with Crippen molar-refractivity contribution in [2.75, 3.05) is 5.75 Å². The highest BCUT2D eigenvalue weighted by Gasteiger charge is 2.21. The minimum Gasteiger partial charge on any atom is -0.305 e. The number of nitrogens with one attached hydrogen (secondary N) is 1. The third-order valence-corrected chi connectivity index (χ3v) is 4.60. The van der Waals surface area contributed by atoms with E-state index in [2.05, 4.69) is 41.7 Å². The molecule has 0 spiro atoms. The van der Waals surface area contributed by atoms with Gasteiger partial charge < -0.3 is 5.32 Å². The molecule has 1 heterocycles. The summed E-state index contributed by atoms with van der Waals surface area (Å²) < 4.78 is 0. The van der Waals surface area contributed by atoms with E-state index in [1.54, 1.807) is 0 Å². The summed E-state index contributed by atoms with van der Waals surface area (Å²) in [5, 5.41) is 4.40. The molecule has 1 nitrogen and oxygen atoms in total. The van der Waals surface area contributed by atoms with Gasteiger partial charge in [-0.15, -0.1) is 11.8 Å². The van der Waals surface area contributed by atoms with Gasteiger partial charge in [-0.2, -0.15) is 0 Å². The summed E-state index contributed by atoms with van der Waals surface area (Å²) in [5.41, 5.74) is 2.70. The number of rotatable bonds is 3. The molecule has 1 atom stereocenters. The number of hydrogen-bond donors (Lipinski definition) is 1. The SMILES string of the molecule is Clc1ccc(CNC2CSc3ccccc32)cc1. The lowest BCUT2D eigenvalue weighted by molar-refractivity contribution is 0.584. The van der Waals surface area contributed by atoms with Crippen LogP contribution in [0.4, 0.5) is 0 Å². The molecule has 1 aliphatic rings. The average molecular weight is 276 g/mol. The second-order valence-corrected chi connectivity index (χ2v) is 5.91. The third kappa shape index (κ3) is 2.56. The first kappa shape index (κ1) is 12.1. The van der Waals surface area contributed by atoms with E-state index in [0.717, 1.165) is 17.3 Å². The van der Waals surface area contributed by atoms with Crippen LogP contribution in [0.25, 0.3) is 0 Å². The van der Waals surface area contributed by atoms with Crippen LogP contribution in [0.5, 0.6) is 0 Å². The summed E-state index contributed by atoms with van der Waals surface area (Å²) >= 11 is 7.81. The Hall–Kier alpha value is -0.960. The molecule has 1 aliphatic heterocycles. The number of benzene rings is 2. The van der Waals surface area contributed by atoms with Gasteiger partial charge in [0.25, 0.3) is 0 Å². The maximum atomic E-state index is 5.88. The summed E-state index contributed by atoms with van der Waals surface area (Å²) in [7, 11) is 0. The van der Waals surface area contributed by atoms with Crippen LogP contribution in [-0.4, -0.2) is 5.75 Å². The summed E-state index contributed by atoms with van der Waals surface area (Å²) in [4.78, 5) is 1.41. The topological polar surface area (TPSA) is 12.0 Å². The van der Waals surface area contributed by atoms with Gasteiger partial charge in [0.05, 0.1) is 0 Å². The number of halogens is 1. The van der Waals surface area contributed by atoms with Crippen LogP contribution < -0.4 is 5.32 Å². The predicted octanol–water partition coefficient (Wildman–Crippen LogP) is 4.28. The van der Waals surface area contributed by atoms with Crippen molar-refractivity contribution in [2.24, 2.45) is 0 Å². The molecule has 2 aromatic rings. The van der Waals surface area contributed by atoms with Gasteiger partial charge in [0.2, 0.25) is 0 Å². The van der Waals surface area contributed by atoms with E-state index in [9.17, 15) is 0 Å². The highest BCUT2D eigenvalue weighted by atomic mass is 35.5. The largest absolute Gasteiger partial charge is 0.305 e. The molecule has 3 heteroatoms. The Kier molecular flexibility index (Phi) is 3.59. The van der Waals surface area contributed by atoms with Crippen LogP contribution >= 0.6 is 23.4 Å². The first-order chi connectivity index (χ1) is 8.83. The molecule has 0 saturated carbocycles. The zero-order valence-electron chi connectivity index (χ0n) is 9.90. The van der Waals surface area contributed by atoms with Crippen LogP contribution in [-0.2, 0) is 6.54 Å². The monoisotopic (exact) mass is 275 g/mol. The van der Waals surface area contributed by atoms with E-state index in [-0.39, 0.29) is 0 Å². The van der Waals surface area contributed by atoms with Gasteiger partial charge in [-0.1, -0.05) is 41.9 Å². The van der Waals surface area contributed by atoms with Crippen LogP contribution in [0.3, 0.4) is 0 Å². The third-order valence-electron chi connectivity index (χ3n) is 3.17. The minimum atomic E-state index is 0.460. The molecule has 0 aliphatic carbocycles. The van der Waals surface area contributed by atoms with Crippen molar-refractivity contribution in [3.63, 3.8) is 0 Å². The Labute approximate surface area is 117 Å². The van der Waals surface area contributed by atoms with Crippen molar-refractivity contribution in [3.05, 3.63) is 64.7 Å². The van der Waals surface area contributed by atoms with Crippen LogP contribution in [0, 0.1) is 0 Å². The first-order valence-corrected chi connectivity index (χ1v) is 7.39. The van der Waals surface area contributed by atoms with E-state index < -0.39 is 0 Å². The molecular formula is C15H14ClNS. The predicted molar refractivity (Wildman–Crippen MR) is 78.2 cm³/mol. The molecule has 0 fully saturated rings. The van der Waals surface area contributed by atoms with E-state index in [4.69, 9.17) is 11.6 Å². The quantitative estimate of drug-likeness (QED) is 0.897. The van der Waals surface area contributed by atoms with Crippen molar-refractivity contribution in [1.29, 1.82) is 0 Å². The molecular weight excluding hydrogens is 262 g/mol. The lowest BCUT2D eigenvalue weighted by Gasteiger charge is -2.13. The van der Waals surface area contributed by atoms with Gasteiger partial charge in [-0.25, -0.2) is 0 Å². The minimum absolute atomic E-state index is 0.460. The molecule has 1 unspecified atom stereocenters.